The number of hydrogen-bond donors (Lipinski definition) is 3. The molecule has 0 aliphatic carbocycles. The third-order valence-corrected chi connectivity index (χ3v) is 4.09. The Morgan fingerprint density at radius 3 is 3.14 bits per heavy atom. The van der Waals surface area contributed by atoms with Crippen molar-refractivity contribution < 1.29 is 4.79 Å². The second-order valence-electron chi connectivity index (χ2n) is 5.36. The molecule has 7 heteroatoms. The monoisotopic (exact) mass is 296 g/mol. The van der Waals surface area contributed by atoms with E-state index in [4.69, 9.17) is 0 Å². The molecule has 1 amide bonds. The van der Waals surface area contributed by atoms with Crippen molar-refractivity contribution in [1.29, 1.82) is 0 Å². The minimum absolute atomic E-state index is 0.160. The van der Waals surface area contributed by atoms with Gasteiger partial charge in [-0.1, -0.05) is 0 Å². The molecule has 3 aromatic heterocycles. The maximum absolute atomic E-state index is 11.9. The SMILES string of the molecule is CNC(=O)c1n[nH]c2c1CN(c1ccc3cc[nH]c3n1)CC2. The van der Waals surface area contributed by atoms with E-state index in [1.807, 2.05) is 18.3 Å². The van der Waals surface area contributed by atoms with Crippen molar-refractivity contribution in [1.82, 2.24) is 25.5 Å². The van der Waals surface area contributed by atoms with Crippen LogP contribution in [0.2, 0.25) is 0 Å². The molecule has 22 heavy (non-hydrogen) atoms. The number of hydrogen-bond acceptors (Lipinski definition) is 4. The molecule has 0 saturated carbocycles. The zero-order chi connectivity index (χ0) is 15.1. The predicted molar refractivity (Wildman–Crippen MR) is 82.8 cm³/mol. The Labute approximate surface area is 126 Å². The Morgan fingerprint density at radius 1 is 1.36 bits per heavy atom. The molecule has 0 atom stereocenters. The van der Waals surface area contributed by atoms with Crippen LogP contribution in [0.25, 0.3) is 11.0 Å². The predicted octanol–water partition coefficient (Wildman–Crippen LogP) is 1.21. The summed E-state index contributed by atoms with van der Waals surface area (Å²) in [7, 11) is 1.62. The van der Waals surface area contributed by atoms with E-state index in [1.54, 1.807) is 7.05 Å². The molecule has 7 nitrogen and oxygen atoms in total. The number of aromatic nitrogens is 4. The third-order valence-electron chi connectivity index (χ3n) is 4.09. The fourth-order valence-electron chi connectivity index (χ4n) is 2.89. The average molecular weight is 296 g/mol. The highest BCUT2D eigenvalue weighted by atomic mass is 16.1. The number of carbonyl (C=O) groups is 1. The third kappa shape index (κ3) is 1.93. The minimum atomic E-state index is -0.160. The van der Waals surface area contributed by atoms with Crippen molar-refractivity contribution in [2.24, 2.45) is 0 Å². The molecule has 3 aromatic rings. The van der Waals surface area contributed by atoms with Gasteiger partial charge < -0.3 is 15.2 Å². The number of pyridine rings is 1. The molecular formula is C15H16N6O. The van der Waals surface area contributed by atoms with E-state index in [9.17, 15) is 4.79 Å². The molecule has 4 heterocycles. The van der Waals surface area contributed by atoms with Crippen LogP contribution in [0.15, 0.2) is 24.4 Å². The van der Waals surface area contributed by atoms with Gasteiger partial charge in [-0.3, -0.25) is 9.89 Å². The van der Waals surface area contributed by atoms with Crippen molar-refractivity contribution in [3.63, 3.8) is 0 Å². The van der Waals surface area contributed by atoms with Crippen molar-refractivity contribution in [3.8, 4) is 0 Å². The van der Waals surface area contributed by atoms with E-state index in [0.29, 0.717) is 12.2 Å². The summed E-state index contributed by atoms with van der Waals surface area (Å²) in [4.78, 5) is 21.8. The van der Waals surface area contributed by atoms with Crippen LogP contribution >= 0.6 is 0 Å². The highest BCUT2D eigenvalue weighted by Gasteiger charge is 2.25. The van der Waals surface area contributed by atoms with Gasteiger partial charge in [0.15, 0.2) is 5.69 Å². The Morgan fingerprint density at radius 2 is 2.27 bits per heavy atom. The van der Waals surface area contributed by atoms with Crippen LogP contribution in [0.5, 0.6) is 0 Å². The van der Waals surface area contributed by atoms with Crippen LogP contribution in [0.3, 0.4) is 0 Å². The quantitative estimate of drug-likeness (QED) is 0.663. The zero-order valence-electron chi connectivity index (χ0n) is 12.2. The summed E-state index contributed by atoms with van der Waals surface area (Å²) < 4.78 is 0. The molecule has 0 aromatic carbocycles. The highest BCUT2D eigenvalue weighted by molar-refractivity contribution is 5.94. The molecule has 4 rings (SSSR count). The summed E-state index contributed by atoms with van der Waals surface area (Å²) in [5.74, 6) is 0.747. The lowest BCUT2D eigenvalue weighted by atomic mass is 10.0. The highest BCUT2D eigenvalue weighted by Crippen LogP contribution is 2.25. The number of H-pyrrole nitrogens is 2. The van der Waals surface area contributed by atoms with E-state index in [-0.39, 0.29) is 5.91 Å². The van der Waals surface area contributed by atoms with Gasteiger partial charge in [-0.15, -0.1) is 0 Å². The number of aromatic amines is 2. The van der Waals surface area contributed by atoms with E-state index < -0.39 is 0 Å². The molecule has 112 valence electrons. The lowest BCUT2D eigenvalue weighted by Gasteiger charge is -2.28. The van der Waals surface area contributed by atoms with Gasteiger partial charge in [0.2, 0.25) is 0 Å². The number of nitrogens with one attached hydrogen (secondary N) is 3. The first-order chi connectivity index (χ1) is 10.8. The molecule has 0 unspecified atom stereocenters. The molecule has 0 bridgehead atoms. The lowest BCUT2D eigenvalue weighted by molar-refractivity contribution is 0.0957. The largest absolute Gasteiger partial charge is 0.354 e. The molecule has 0 fully saturated rings. The topological polar surface area (TPSA) is 89.7 Å². The average Bonchev–Trinajstić information content (AvgIpc) is 3.19. The van der Waals surface area contributed by atoms with Gasteiger partial charge >= 0.3 is 0 Å². The maximum Gasteiger partial charge on any atom is 0.271 e. The van der Waals surface area contributed by atoms with E-state index in [0.717, 1.165) is 41.1 Å². The van der Waals surface area contributed by atoms with Crippen LogP contribution in [-0.2, 0) is 13.0 Å². The van der Waals surface area contributed by atoms with Crippen molar-refractivity contribution in [2.45, 2.75) is 13.0 Å². The first-order valence-electron chi connectivity index (χ1n) is 7.23. The molecule has 0 radical (unpaired) electrons. The van der Waals surface area contributed by atoms with Gasteiger partial charge in [-0.25, -0.2) is 4.98 Å². The van der Waals surface area contributed by atoms with Gasteiger partial charge in [0, 0.05) is 49.4 Å². The zero-order valence-corrected chi connectivity index (χ0v) is 12.2. The Hall–Kier alpha value is -2.83. The summed E-state index contributed by atoms with van der Waals surface area (Å²) in [6.45, 7) is 1.48. The number of carbonyl (C=O) groups excluding carboxylic acids is 1. The molecule has 1 aliphatic rings. The van der Waals surface area contributed by atoms with Crippen LogP contribution in [-0.4, -0.2) is 39.7 Å². The van der Waals surface area contributed by atoms with Gasteiger partial charge in [0.05, 0.1) is 0 Å². The van der Waals surface area contributed by atoms with Gasteiger partial charge in [-0.2, -0.15) is 5.10 Å². The number of fused-ring (bicyclic) bond motifs is 2. The second kappa shape index (κ2) is 4.87. The fraction of sp³-hybridized carbons (Fsp3) is 0.267. The summed E-state index contributed by atoms with van der Waals surface area (Å²) in [5, 5.41) is 10.8. The summed E-state index contributed by atoms with van der Waals surface area (Å²) in [5.41, 5.74) is 3.35. The maximum atomic E-state index is 11.9. The molecule has 0 spiro atoms. The van der Waals surface area contributed by atoms with Crippen molar-refractivity contribution in [2.75, 3.05) is 18.5 Å². The Kier molecular flexibility index (Phi) is 2.85. The standard InChI is InChI=1S/C15H16N6O/c1-16-15(22)13-10-8-21(7-5-11(10)19-20-13)12-3-2-9-4-6-17-14(9)18-12/h2-4,6H,5,7-8H2,1H3,(H,16,22)(H,17,18)(H,19,20). The van der Waals surface area contributed by atoms with Crippen molar-refractivity contribution >= 4 is 22.8 Å². The number of nitrogens with zero attached hydrogens (tertiary/aromatic N) is 3. The number of anilines is 1. The van der Waals surface area contributed by atoms with Gasteiger partial charge in [0.25, 0.3) is 5.91 Å². The van der Waals surface area contributed by atoms with Crippen LogP contribution in [0.1, 0.15) is 21.7 Å². The van der Waals surface area contributed by atoms with E-state index in [1.165, 1.54) is 0 Å². The summed E-state index contributed by atoms with van der Waals surface area (Å²) in [6.07, 6.45) is 2.71. The van der Waals surface area contributed by atoms with Crippen LogP contribution in [0, 0.1) is 0 Å². The van der Waals surface area contributed by atoms with E-state index >= 15 is 0 Å². The molecule has 3 N–H and O–H groups in total. The summed E-state index contributed by atoms with van der Waals surface area (Å²) in [6, 6.07) is 6.07. The van der Waals surface area contributed by atoms with Crippen molar-refractivity contribution in [3.05, 3.63) is 41.3 Å². The lowest BCUT2D eigenvalue weighted by Crippen LogP contribution is -2.32. The fourth-order valence-corrected chi connectivity index (χ4v) is 2.89. The van der Waals surface area contributed by atoms with Crippen LogP contribution < -0.4 is 10.2 Å². The summed E-state index contributed by atoms with van der Waals surface area (Å²) >= 11 is 0. The number of rotatable bonds is 2. The number of amides is 1. The first-order valence-corrected chi connectivity index (χ1v) is 7.23. The molecule has 1 aliphatic heterocycles. The molecular weight excluding hydrogens is 280 g/mol. The van der Waals surface area contributed by atoms with Crippen LogP contribution in [0.4, 0.5) is 5.82 Å². The smallest absolute Gasteiger partial charge is 0.271 e. The minimum Gasteiger partial charge on any atom is -0.354 e. The van der Waals surface area contributed by atoms with E-state index in [2.05, 4.69) is 36.4 Å². The second-order valence-corrected chi connectivity index (χ2v) is 5.36. The normalized spacial score (nSPS) is 14.1. The Balaban J connectivity index is 1.68. The van der Waals surface area contributed by atoms with Gasteiger partial charge in [0.1, 0.15) is 11.5 Å². The first kappa shape index (κ1) is 12.9. The van der Waals surface area contributed by atoms with Gasteiger partial charge in [-0.05, 0) is 18.2 Å². The molecule has 0 saturated heterocycles. The Bertz CT molecular complexity index is 849.